The van der Waals surface area contributed by atoms with Crippen molar-refractivity contribution in [3.8, 4) is 44.5 Å². The van der Waals surface area contributed by atoms with Crippen LogP contribution in [0.25, 0.3) is 44.5 Å². The first-order valence-corrected chi connectivity index (χ1v) is 17.7. The highest BCUT2D eigenvalue weighted by Gasteiger charge is 2.30. The monoisotopic (exact) mass is 802 g/mol. The maximum Gasteiger partial charge on any atom is 0.0300 e. The number of halogens is 2. The van der Waals surface area contributed by atoms with Crippen LogP contribution in [0.3, 0.4) is 0 Å². The van der Waals surface area contributed by atoms with Gasteiger partial charge in [-0.3, -0.25) is 0 Å². The molecule has 0 unspecified atom stereocenters. The highest BCUT2D eigenvalue weighted by Crippen LogP contribution is 2.54. The smallest absolute Gasteiger partial charge is 0.0300 e. The molecule has 0 aliphatic heterocycles. The zero-order valence-corrected chi connectivity index (χ0v) is 32.7. The topological polar surface area (TPSA) is 0 Å². The van der Waals surface area contributed by atoms with E-state index in [1.165, 1.54) is 118 Å². The van der Waals surface area contributed by atoms with Crippen LogP contribution >= 0.6 is 45.2 Å². The van der Waals surface area contributed by atoms with Gasteiger partial charge in [0, 0.05) is 29.4 Å². The standard InChI is InChI=1S/C42H44I2/c1-21-13-25(5)33(26(6)14-21)37-38(34-27(7)15-22(2)16-28(34)8)42(44)40(36-31(11)19-24(4)20-32(36)12)39(41(37)43)35-29(9)17-23(3)18-30(35)10/h13-20H,1-12H3. The molecule has 0 saturated heterocycles. The van der Waals surface area contributed by atoms with Crippen molar-refractivity contribution in [2.75, 3.05) is 0 Å². The van der Waals surface area contributed by atoms with Gasteiger partial charge >= 0.3 is 0 Å². The summed E-state index contributed by atoms with van der Waals surface area (Å²) in [5.41, 5.74) is 26.8. The SMILES string of the molecule is Cc1cc(C)c(-c2c(I)c(-c3c(C)cc(C)cc3C)c(-c3c(C)cc(C)cc3C)c(I)c2-c2c(C)cc(C)cc2C)c(C)c1. The molecule has 0 amide bonds. The van der Waals surface area contributed by atoms with Gasteiger partial charge in [0.15, 0.2) is 0 Å². The van der Waals surface area contributed by atoms with E-state index in [0.29, 0.717) is 0 Å². The molecule has 0 atom stereocenters. The van der Waals surface area contributed by atoms with Crippen molar-refractivity contribution < 1.29 is 0 Å². The molecule has 0 nitrogen and oxygen atoms in total. The van der Waals surface area contributed by atoms with Crippen LogP contribution in [0, 0.1) is 90.2 Å². The Labute approximate surface area is 293 Å². The van der Waals surface area contributed by atoms with Crippen molar-refractivity contribution >= 4 is 45.2 Å². The molecule has 0 aromatic heterocycles. The fourth-order valence-electron chi connectivity index (χ4n) is 7.93. The quantitative estimate of drug-likeness (QED) is 0.159. The van der Waals surface area contributed by atoms with Gasteiger partial charge in [0.1, 0.15) is 0 Å². The molecule has 0 aliphatic rings. The van der Waals surface area contributed by atoms with Gasteiger partial charge in [-0.05, 0) is 195 Å². The Morgan fingerprint density at radius 1 is 0.250 bits per heavy atom. The van der Waals surface area contributed by atoms with Crippen molar-refractivity contribution in [3.05, 3.63) is 122 Å². The minimum absolute atomic E-state index is 1.31. The number of hydrogen-bond acceptors (Lipinski definition) is 0. The molecule has 0 saturated carbocycles. The largest absolute Gasteiger partial charge is 0.0557 e. The molecular formula is C42H44I2. The highest BCUT2D eigenvalue weighted by molar-refractivity contribution is 14.1. The summed E-state index contributed by atoms with van der Waals surface area (Å²) in [7, 11) is 0. The Hall–Kier alpha value is -2.44. The second-order valence-electron chi connectivity index (χ2n) is 13.2. The predicted molar refractivity (Wildman–Crippen MR) is 210 cm³/mol. The van der Waals surface area contributed by atoms with Gasteiger partial charge in [-0.25, -0.2) is 0 Å². The molecule has 44 heavy (non-hydrogen) atoms. The summed E-state index contributed by atoms with van der Waals surface area (Å²) in [6.07, 6.45) is 0. The van der Waals surface area contributed by atoms with Crippen molar-refractivity contribution in [2.24, 2.45) is 0 Å². The molecular weight excluding hydrogens is 758 g/mol. The third-order valence-corrected chi connectivity index (χ3v) is 11.2. The van der Waals surface area contributed by atoms with Crippen LogP contribution in [0.15, 0.2) is 48.5 Å². The predicted octanol–water partition coefficient (Wildman–Crippen LogP) is 13.3. The third kappa shape index (κ3) is 5.70. The van der Waals surface area contributed by atoms with E-state index in [2.05, 4.69) is 177 Å². The average molecular weight is 803 g/mol. The summed E-state index contributed by atoms with van der Waals surface area (Å²) in [6.45, 7) is 27.2. The first-order chi connectivity index (χ1) is 20.6. The van der Waals surface area contributed by atoms with E-state index in [0.717, 1.165) is 0 Å². The molecule has 0 spiro atoms. The minimum Gasteiger partial charge on any atom is -0.0557 e. The van der Waals surface area contributed by atoms with Crippen LogP contribution in [0.5, 0.6) is 0 Å². The van der Waals surface area contributed by atoms with E-state index in [1.54, 1.807) is 0 Å². The molecule has 0 radical (unpaired) electrons. The lowest BCUT2D eigenvalue weighted by molar-refractivity contribution is 1.28. The summed E-state index contributed by atoms with van der Waals surface area (Å²) in [5, 5.41) is 0. The zero-order chi connectivity index (χ0) is 32.4. The molecule has 226 valence electrons. The fraction of sp³-hybridized carbons (Fsp3) is 0.286. The van der Waals surface area contributed by atoms with Gasteiger partial charge in [-0.1, -0.05) is 70.8 Å². The lowest BCUT2D eigenvalue weighted by Gasteiger charge is -2.29. The van der Waals surface area contributed by atoms with Crippen LogP contribution in [0.2, 0.25) is 0 Å². The molecule has 2 heteroatoms. The Morgan fingerprint density at radius 3 is 0.523 bits per heavy atom. The Morgan fingerprint density at radius 2 is 0.386 bits per heavy atom. The summed E-state index contributed by atoms with van der Waals surface area (Å²) in [4.78, 5) is 0. The number of rotatable bonds is 4. The zero-order valence-electron chi connectivity index (χ0n) is 28.4. The molecule has 0 aliphatic carbocycles. The first kappa shape index (κ1) is 32.9. The van der Waals surface area contributed by atoms with E-state index in [1.807, 2.05) is 0 Å². The maximum atomic E-state index is 2.71. The molecule has 0 heterocycles. The summed E-state index contributed by atoms with van der Waals surface area (Å²) in [6, 6.07) is 18.8. The van der Waals surface area contributed by atoms with E-state index in [9.17, 15) is 0 Å². The number of aryl methyl sites for hydroxylation is 12. The lowest BCUT2D eigenvalue weighted by atomic mass is 9.78. The average Bonchev–Trinajstić information content (AvgIpc) is 2.87. The highest BCUT2D eigenvalue weighted by atomic mass is 127. The van der Waals surface area contributed by atoms with Gasteiger partial charge in [-0.2, -0.15) is 0 Å². The summed E-state index contributed by atoms with van der Waals surface area (Å²) in [5.74, 6) is 0. The Balaban J connectivity index is 2.16. The lowest BCUT2D eigenvalue weighted by Crippen LogP contribution is -2.07. The first-order valence-electron chi connectivity index (χ1n) is 15.5. The van der Waals surface area contributed by atoms with Crippen LogP contribution in [-0.4, -0.2) is 0 Å². The van der Waals surface area contributed by atoms with Gasteiger partial charge < -0.3 is 0 Å². The fourth-order valence-corrected chi connectivity index (χ4v) is 10.1. The minimum atomic E-state index is 1.31. The third-order valence-electron chi connectivity index (χ3n) is 9.09. The molecule has 0 bridgehead atoms. The Kier molecular flexibility index (Phi) is 9.28. The van der Waals surface area contributed by atoms with Crippen molar-refractivity contribution in [3.63, 3.8) is 0 Å². The molecule has 5 aromatic carbocycles. The van der Waals surface area contributed by atoms with Gasteiger partial charge in [0.05, 0.1) is 0 Å². The normalized spacial score (nSPS) is 11.4. The van der Waals surface area contributed by atoms with E-state index in [-0.39, 0.29) is 0 Å². The molecule has 0 fully saturated rings. The van der Waals surface area contributed by atoms with Crippen molar-refractivity contribution in [1.82, 2.24) is 0 Å². The van der Waals surface area contributed by atoms with E-state index >= 15 is 0 Å². The van der Waals surface area contributed by atoms with Crippen LogP contribution in [-0.2, 0) is 0 Å². The van der Waals surface area contributed by atoms with Crippen molar-refractivity contribution in [1.29, 1.82) is 0 Å². The number of benzene rings is 5. The van der Waals surface area contributed by atoms with Crippen LogP contribution < -0.4 is 0 Å². The van der Waals surface area contributed by atoms with Gasteiger partial charge in [0.25, 0.3) is 0 Å². The maximum absolute atomic E-state index is 2.71. The second kappa shape index (κ2) is 12.4. The van der Waals surface area contributed by atoms with E-state index in [4.69, 9.17) is 0 Å². The number of hydrogen-bond donors (Lipinski definition) is 0. The second-order valence-corrected chi connectivity index (χ2v) is 15.4. The van der Waals surface area contributed by atoms with Crippen LogP contribution in [0.1, 0.15) is 66.8 Å². The Bertz CT molecular complexity index is 1610. The van der Waals surface area contributed by atoms with E-state index < -0.39 is 0 Å². The molecule has 5 aromatic rings. The molecule has 5 rings (SSSR count). The van der Waals surface area contributed by atoms with Gasteiger partial charge in [0.2, 0.25) is 0 Å². The molecule has 0 N–H and O–H groups in total. The summed E-state index contributed by atoms with van der Waals surface area (Å²) < 4.78 is 2.66. The van der Waals surface area contributed by atoms with Crippen LogP contribution in [0.4, 0.5) is 0 Å². The van der Waals surface area contributed by atoms with Crippen molar-refractivity contribution in [2.45, 2.75) is 83.1 Å². The van der Waals surface area contributed by atoms with Gasteiger partial charge in [-0.15, -0.1) is 0 Å². The summed E-state index contributed by atoms with van der Waals surface area (Å²) >= 11 is 5.42.